The van der Waals surface area contributed by atoms with Crippen molar-refractivity contribution in [1.82, 2.24) is 14.7 Å². The predicted molar refractivity (Wildman–Crippen MR) is 77.9 cm³/mol. The summed E-state index contributed by atoms with van der Waals surface area (Å²) in [5.41, 5.74) is 0. The third-order valence-corrected chi connectivity index (χ3v) is 4.80. The molecule has 0 aromatic heterocycles. The number of rotatable bonds is 5. The molecule has 2 heterocycles. The molecule has 0 aromatic rings. The first-order valence-corrected chi connectivity index (χ1v) is 7.75. The standard InChI is InChI=1S/C15H31N3/c1-13(2)15-11-17(12-15)6-5-16-7-9-18(10-8-16)14(3)4/h13-15H,5-12H2,1-4H3. The highest BCUT2D eigenvalue weighted by atomic mass is 15.3. The molecule has 0 aliphatic carbocycles. The van der Waals surface area contributed by atoms with Gasteiger partial charge in [0.25, 0.3) is 0 Å². The van der Waals surface area contributed by atoms with Crippen LogP contribution in [0, 0.1) is 11.8 Å². The Morgan fingerprint density at radius 1 is 0.833 bits per heavy atom. The zero-order valence-corrected chi connectivity index (χ0v) is 12.7. The molecule has 0 aromatic carbocycles. The van der Waals surface area contributed by atoms with Gasteiger partial charge in [0, 0.05) is 58.4 Å². The zero-order valence-electron chi connectivity index (χ0n) is 12.7. The largest absolute Gasteiger partial charge is 0.301 e. The second-order valence-corrected chi connectivity index (χ2v) is 6.74. The van der Waals surface area contributed by atoms with E-state index < -0.39 is 0 Å². The molecule has 106 valence electrons. The van der Waals surface area contributed by atoms with Crippen LogP contribution in [0.3, 0.4) is 0 Å². The van der Waals surface area contributed by atoms with Crippen LogP contribution in [0.25, 0.3) is 0 Å². The average molecular weight is 253 g/mol. The highest BCUT2D eigenvalue weighted by molar-refractivity contribution is 4.83. The summed E-state index contributed by atoms with van der Waals surface area (Å²) in [6, 6.07) is 0.717. The Balaban J connectivity index is 1.57. The lowest BCUT2D eigenvalue weighted by atomic mass is 9.88. The Kier molecular flexibility index (Phi) is 5.05. The SMILES string of the molecule is CC(C)C1CN(CCN2CCN(C(C)C)CC2)C1. The minimum atomic E-state index is 0.717. The van der Waals surface area contributed by atoms with Gasteiger partial charge in [0.2, 0.25) is 0 Å². The summed E-state index contributed by atoms with van der Waals surface area (Å²) in [7, 11) is 0. The van der Waals surface area contributed by atoms with E-state index in [2.05, 4.69) is 42.4 Å². The Morgan fingerprint density at radius 2 is 1.39 bits per heavy atom. The van der Waals surface area contributed by atoms with Crippen LogP contribution in [0.1, 0.15) is 27.7 Å². The summed E-state index contributed by atoms with van der Waals surface area (Å²) >= 11 is 0. The first-order valence-electron chi connectivity index (χ1n) is 7.75. The molecule has 2 saturated heterocycles. The van der Waals surface area contributed by atoms with E-state index in [0.717, 1.165) is 11.8 Å². The maximum Gasteiger partial charge on any atom is 0.0113 e. The zero-order chi connectivity index (χ0) is 13.1. The second-order valence-electron chi connectivity index (χ2n) is 6.74. The first-order chi connectivity index (χ1) is 8.56. The van der Waals surface area contributed by atoms with Gasteiger partial charge < -0.3 is 4.90 Å². The Morgan fingerprint density at radius 3 is 1.89 bits per heavy atom. The van der Waals surface area contributed by atoms with E-state index in [9.17, 15) is 0 Å². The van der Waals surface area contributed by atoms with Gasteiger partial charge in [-0.3, -0.25) is 9.80 Å². The predicted octanol–water partition coefficient (Wildman–Crippen LogP) is 1.60. The van der Waals surface area contributed by atoms with Crippen LogP contribution in [0.5, 0.6) is 0 Å². The van der Waals surface area contributed by atoms with E-state index >= 15 is 0 Å². The maximum atomic E-state index is 2.64. The van der Waals surface area contributed by atoms with Crippen LogP contribution in [-0.4, -0.2) is 73.1 Å². The van der Waals surface area contributed by atoms with Gasteiger partial charge in [0.05, 0.1) is 0 Å². The summed E-state index contributed by atoms with van der Waals surface area (Å²) in [6.07, 6.45) is 0. The summed E-state index contributed by atoms with van der Waals surface area (Å²) < 4.78 is 0. The monoisotopic (exact) mass is 253 g/mol. The molecule has 0 radical (unpaired) electrons. The van der Waals surface area contributed by atoms with E-state index in [1.54, 1.807) is 0 Å². The molecular formula is C15H31N3. The molecular weight excluding hydrogens is 222 g/mol. The maximum absolute atomic E-state index is 2.64. The normalized spacial score (nSPS) is 25.0. The van der Waals surface area contributed by atoms with Gasteiger partial charge in [-0.2, -0.15) is 0 Å². The van der Waals surface area contributed by atoms with Crippen LogP contribution in [0.15, 0.2) is 0 Å². The van der Waals surface area contributed by atoms with Gasteiger partial charge in [-0.1, -0.05) is 13.8 Å². The quantitative estimate of drug-likeness (QED) is 0.737. The Labute approximate surface area is 113 Å². The molecule has 2 aliphatic rings. The lowest BCUT2D eigenvalue weighted by Gasteiger charge is -2.43. The summed E-state index contributed by atoms with van der Waals surface area (Å²) in [4.78, 5) is 7.86. The van der Waals surface area contributed by atoms with Crippen molar-refractivity contribution in [2.45, 2.75) is 33.7 Å². The average Bonchev–Trinajstić information content (AvgIpc) is 2.27. The van der Waals surface area contributed by atoms with Gasteiger partial charge in [-0.05, 0) is 25.7 Å². The lowest BCUT2D eigenvalue weighted by Crippen LogP contribution is -2.54. The third kappa shape index (κ3) is 3.69. The van der Waals surface area contributed by atoms with Gasteiger partial charge >= 0.3 is 0 Å². The molecule has 2 aliphatic heterocycles. The molecule has 18 heavy (non-hydrogen) atoms. The van der Waals surface area contributed by atoms with Crippen LogP contribution in [0.4, 0.5) is 0 Å². The Hall–Kier alpha value is -0.120. The van der Waals surface area contributed by atoms with E-state index in [4.69, 9.17) is 0 Å². The molecule has 0 spiro atoms. The lowest BCUT2D eigenvalue weighted by molar-refractivity contribution is 0.0453. The van der Waals surface area contributed by atoms with Crippen molar-refractivity contribution >= 4 is 0 Å². The first kappa shape index (κ1) is 14.3. The van der Waals surface area contributed by atoms with Crippen molar-refractivity contribution in [1.29, 1.82) is 0 Å². The van der Waals surface area contributed by atoms with Crippen molar-refractivity contribution in [3.63, 3.8) is 0 Å². The van der Waals surface area contributed by atoms with Crippen molar-refractivity contribution < 1.29 is 0 Å². The minimum Gasteiger partial charge on any atom is -0.301 e. The molecule has 0 saturated carbocycles. The van der Waals surface area contributed by atoms with Gasteiger partial charge in [0.15, 0.2) is 0 Å². The topological polar surface area (TPSA) is 9.72 Å². The fraction of sp³-hybridized carbons (Fsp3) is 1.00. The van der Waals surface area contributed by atoms with Crippen LogP contribution < -0.4 is 0 Å². The van der Waals surface area contributed by atoms with Gasteiger partial charge in [0.1, 0.15) is 0 Å². The molecule has 0 N–H and O–H groups in total. The van der Waals surface area contributed by atoms with Gasteiger partial charge in [-0.25, -0.2) is 0 Å². The van der Waals surface area contributed by atoms with E-state index in [1.165, 1.54) is 52.4 Å². The van der Waals surface area contributed by atoms with Crippen molar-refractivity contribution in [3.05, 3.63) is 0 Å². The second kappa shape index (κ2) is 6.36. The fourth-order valence-electron chi connectivity index (χ4n) is 3.00. The number of hydrogen-bond donors (Lipinski definition) is 0. The van der Waals surface area contributed by atoms with Crippen LogP contribution >= 0.6 is 0 Å². The molecule has 3 nitrogen and oxygen atoms in total. The molecule has 2 fully saturated rings. The van der Waals surface area contributed by atoms with Crippen molar-refractivity contribution in [2.75, 3.05) is 52.4 Å². The number of likely N-dealkylation sites (tertiary alicyclic amines) is 1. The molecule has 0 unspecified atom stereocenters. The highest BCUT2D eigenvalue weighted by Gasteiger charge is 2.29. The van der Waals surface area contributed by atoms with Gasteiger partial charge in [-0.15, -0.1) is 0 Å². The highest BCUT2D eigenvalue weighted by Crippen LogP contribution is 2.22. The molecule has 0 bridgehead atoms. The number of hydrogen-bond acceptors (Lipinski definition) is 3. The van der Waals surface area contributed by atoms with Crippen LogP contribution in [0.2, 0.25) is 0 Å². The molecule has 3 heteroatoms. The number of nitrogens with zero attached hydrogens (tertiary/aromatic N) is 3. The molecule has 0 amide bonds. The van der Waals surface area contributed by atoms with E-state index in [1.807, 2.05) is 0 Å². The number of piperazine rings is 1. The van der Waals surface area contributed by atoms with E-state index in [0.29, 0.717) is 6.04 Å². The molecule has 0 atom stereocenters. The molecule has 2 rings (SSSR count). The smallest absolute Gasteiger partial charge is 0.0113 e. The van der Waals surface area contributed by atoms with Crippen LogP contribution in [-0.2, 0) is 0 Å². The summed E-state index contributed by atoms with van der Waals surface area (Å²) in [6.45, 7) is 19.6. The summed E-state index contributed by atoms with van der Waals surface area (Å²) in [5.74, 6) is 1.83. The minimum absolute atomic E-state index is 0.717. The Bertz CT molecular complexity index is 238. The summed E-state index contributed by atoms with van der Waals surface area (Å²) in [5, 5.41) is 0. The van der Waals surface area contributed by atoms with Crippen molar-refractivity contribution in [3.8, 4) is 0 Å². The van der Waals surface area contributed by atoms with Crippen molar-refractivity contribution in [2.24, 2.45) is 11.8 Å². The fourth-order valence-corrected chi connectivity index (χ4v) is 3.00. The van der Waals surface area contributed by atoms with E-state index in [-0.39, 0.29) is 0 Å². The third-order valence-electron chi connectivity index (χ3n) is 4.80.